The molecular weight excluding hydrogens is 229 g/mol. The molecule has 102 valence electrons. The number of likely N-dealkylation sites (N-methyl/N-ethyl adjacent to an activating group) is 1. The van der Waals surface area contributed by atoms with E-state index in [1.54, 1.807) is 13.2 Å². The third-order valence-electron chi connectivity index (χ3n) is 3.29. The smallest absolute Gasteiger partial charge is 0.128 e. The Balaban J connectivity index is 3.20. The fourth-order valence-corrected chi connectivity index (χ4v) is 2.50. The van der Waals surface area contributed by atoms with Gasteiger partial charge in [-0.25, -0.2) is 4.39 Å². The molecule has 1 aromatic carbocycles. The molecule has 1 aromatic rings. The molecule has 2 nitrogen and oxygen atoms in total. The van der Waals surface area contributed by atoms with Crippen molar-refractivity contribution < 1.29 is 9.13 Å². The van der Waals surface area contributed by atoms with Crippen LogP contribution in [0.2, 0.25) is 0 Å². The van der Waals surface area contributed by atoms with Crippen LogP contribution in [0.4, 0.5) is 4.39 Å². The number of nitrogens with one attached hydrogen (secondary N) is 1. The summed E-state index contributed by atoms with van der Waals surface area (Å²) in [6.07, 6.45) is 0.835. The minimum absolute atomic E-state index is 0.0131. The molecule has 0 aliphatic heterocycles. The van der Waals surface area contributed by atoms with Gasteiger partial charge in [0.2, 0.25) is 0 Å². The molecule has 0 saturated heterocycles. The average molecular weight is 253 g/mol. The SMILES string of the molecule is CCNC(c1c(C)cc(C)cc1F)C(CC)OC. The highest BCUT2D eigenvalue weighted by atomic mass is 19.1. The molecule has 0 aliphatic rings. The quantitative estimate of drug-likeness (QED) is 0.837. The van der Waals surface area contributed by atoms with Crippen molar-refractivity contribution in [1.29, 1.82) is 0 Å². The number of hydrogen-bond acceptors (Lipinski definition) is 2. The Bertz CT molecular complexity index is 365. The van der Waals surface area contributed by atoms with E-state index in [9.17, 15) is 4.39 Å². The first-order chi connectivity index (χ1) is 8.54. The fourth-order valence-electron chi connectivity index (χ4n) is 2.50. The summed E-state index contributed by atoms with van der Waals surface area (Å²) >= 11 is 0. The lowest BCUT2D eigenvalue weighted by molar-refractivity contribution is 0.0642. The molecule has 0 heterocycles. The lowest BCUT2D eigenvalue weighted by Gasteiger charge is -2.28. The van der Waals surface area contributed by atoms with Crippen molar-refractivity contribution in [3.8, 4) is 0 Å². The van der Waals surface area contributed by atoms with Gasteiger partial charge in [-0.2, -0.15) is 0 Å². The Labute approximate surface area is 110 Å². The third-order valence-corrected chi connectivity index (χ3v) is 3.29. The molecule has 3 heteroatoms. The highest BCUT2D eigenvalue weighted by Gasteiger charge is 2.25. The van der Waals surface area contributed by atoms with E-state index >= 15 is 0 Å². The van der Waals surface area contributed by atoms with Crippen molar-refractivity contribution in [2.24, 2.45) is 0 Å². The second kappa shape index (κ2) is 6.86. The molecular formula is C15H24FNO. The standard InChI is InChI=1S/C15H24FNO/c1-6-13(18-5)15(17-7-2)14-11(4)8-10(3)9-12(14)16/h8-9,13,15,17H,6-7H2,1-5H3. The Morgan fingerprint density at radius 2 is 1.94 bits per heavy atom. The van der Waals surface area contributed by atoms with E-state index in [-0.39, 0.29) is 18.0 Å². The summed E-state index contributed by atoms with van der Waals surface area (Å²) in [6, 6.07) is 3.52. The van der Waals surface area contributed by atoms with E-state index in [2.05, 4.69) is 12.2 Å². The van der Waals surface area contributed by atoms with E-state index in [1.807, 2.05) is 26.8 Å². The molecule has 0 bridgehead atoms. The van der Waals surface area contributed by atoms with Gasteiger partial charge in [-0.05, 0) is 44.0 Å². The molecule has 0 saturated carbocycles. The van der Waals surface area contributed by atoms with Crippen LogP contribution in [-0.4, -0.2) is 19.8 Å². The van der Waals surface area contributed by atoms with Crippen LogP contribution >= 0.6 is 0 Å². The second-order valence-electron chi connectivity index (χ2n) is 4.70. The predicted octanol–water partition coefficient (Wildman–Crippen LogP) is 3.52. The highest BCUT2D eigenvalue weighted by Crippen LogP contribution is 2.27. The number of rotatable bonds is 6. The van der Waals surface area contributed by atoms with Gasteiger partial charge in [-0.1, -0.05) is 19.9 Å². The largest absolute Gasteiger partial charge is 0.379 e. The van der Waals surface area contributed by atoms with Crippen LogP contribution in [0.15, 0.2) is 12.1 Å². The highest BCUT2D eigenvalue weighted by molar-refractivity contribution is 5.35. The van der Waals surface area contributed by atoms with E-state index in [1.165, 1.54) is 0 Å². The van der Waals surface area contributed by atoms with E-state index in [0.717, 1.165) is 29.7 Å². The Morgan fingerprint density at radius 3 is 2.39 bits per heavy atom. The zero-order valence-electron chi connectivity index (χ0n) is 12.0. The summed E-state index contributed by atoms with van der Waals surface area (Å²) in [7, 11) is 1.68. The number of hydrogen-bond donors (Lipinski definition) is 1. The normalized spacial score (nSPS) is 14.6. The number of benzene rings is 1. The first-order valence-corrected chi connectivity index (χ1v) is 6.57. The van der Waals surface area contributed by atoms with Gasteiger partial charge in [0.1, 0.15) is 5.82 Å². The Kier molecular flexibility index (Phi) is 5.76. The van der Waals surface area contributed by atoms with Crippen molar-refractivity contribution in [3.63, 3.8) is 0 Å². The van der Waals surface area contributed by atoms with E-state index in [4.69, 9.17) is 4.74 Å². The van der Waals surface area contributed by atoms with E-state index in [0.29, 0.717) is 0 Å². The van der Waals surface area contributed by atoms with Crippen LogP contribution < -0.4 is 5.32 Å². The monoisotopic (exact) mass is 253 g/mol. The molecule has 0 amide bonds. The molecule has 1 rings (SSSR count). The van der Waals surface area contributed by atoms with Crippen LogP contribution in [-0.2, 0) is 4.74 Å². The van der Waals surface area contributed by atoms with Gasteiger partial charge < -0.3 is 10.1 Å². The van der Waals surface area contributed by atoms with Crippen LogP contribution in [0, 0.1) is 19.7 Å². The molecule has 0 fully saturated rings. The second-order valence-corrected chi connectivity index (χ2v) is 4.70. The summed E-state index contributed by atoms with van der Waals surface area (Å²) < 4.78 is 19.7. The molecule has 2 atom stereocenters. The van der Waals surface area contributed by atoms with Crippen molar-refractivity contribution in [2.45, 2.75) is 46.3 Å². The number of ether oxygens (including phenoxy) is 1. The first kappa shape index (κ1) is 15.1. The average Bonchev–Trinajstić information content (AvgIpc) is 2.29. The molecule has 0 radical (unpaired) electrons. The zero-order chi connectivity index (χ0) is 13.7. The number of aryl methyl sites for hydroxylation is 2. The third kappa shape index (κ3) is 3.30. The minimum atomic E-state index is -0.144. The first-order valence-electron chi connectivity index (χ1n) is 6.57. The van der Waals surface area contributed by atoms with Gasteiger partial charge in [-0.15, -0.1) is 0 Å². The minimum Gasteiger partial charge on any atom is -0.379 e. The topological polar surface area (TPSA) is 21.3 Å². The van der Waals surface area contributed by atoms with Crippen molar-refractivity contribution in [1.82, 2.24) is 5.32 Å². The summed E-state index contributed by atoms with van der Waals surface area (Å²) in [6.45, 7) is 8.74. The van der Waals surface area contributed by atoms with Crippen LogP contribution in [0.25, 0.3) is 0 Å². The zero-order valence-corrected chi connectivity index (χ0v) is 12.0. The van der Waals surface area contributed by atoms with E-state index < -0.39 is 0 Å². The predicted molar refractivity (Wildman–Crippen MR) is 73.4 cm³/mol. The van der Waals surface area contributed by atoms with Gasteiger partial charge in [0.05, 0.1) is 12.1 Å². The summed E-state index contributed by atoms with van der Waals surface area (Å²) in [4.78, 5) is 0. The fraction of sp³-hybridized carbons (Fsp3) is 0.600. The molecule has 0 aliphatic carbocycles. The maximum Gasteiger partial charge on any atom is 0.128 e. The molecule has 1 N–H and O–H groups in total. The molecule has 18 heavy (non-hydrogen) atoms. The van der Waals surface area contributed by atoms with Crippen molar-refractivity contribution >= 4 is 0 Å². The number of methoxy groups -OCH3 is 1. The molecule has 2 unspecified atom stereocenters. The number of halogens is 1. The maximum absolute atomic E-state index is 14.2. The lowest BCUT2D eigenvalue weighted by Crippen LogP contribution is -2.34. The van der Waals surface area contributed by atoms with Gasteiger partial charge in [0, 0.05) is 12.7 Å². The summed E-state index contributed by atoms with van der Waals surface area (Å²) in [5.41, 5.74) is 2.67. The van der Waals surface area contributed by atoms with Crippen molar-refractivity contribution in [3.05, 3.63) is 34.6 Å². The van der Waals surface area contributed by atoms with Gasteiger partial charge in [0.25, 0.3) is 0 Å². The van der Waals surface area contributed by atoms with Gasteiger partial charge >= 0.3 is 0 Å². The van der Waals surface area contributed by atoms with Crippen molar-refractivity contribution in [2.75, 3.05) is 13.7 Å². The Hall–Kier alpha value is -0.930. The lowest BCUT2D eigenvalue weighted by atomic mass is 9.93. The van der Waals surface area contributed by atoms with Crippen LogP contribution in [0.5, 0.6) is 0 Å². The summed E-state index contributed by atoms with van der Waals surface area (Å²) in [5, 5.41) is 3.34. The van der Waals surface area contributed by atoms with Crippen LogP contribution in [0.3, 0.4) is 0 Å². The van der Waals surface area contributed by atoms with Crippen LogP contribution in [0.1, 0.15) is 43.0 Å². The molecule has 0 spiro atoms. The maximum atomic E-state index is 14.2. The Morgan fingerprint density at radius 1 is 1.28 bits per heavy atom. The molecule has 0 aromatic heterocycles. The van der Waals surface area contributed by atoms with Gasteiger partial charge in [0.15, 0.2) is 0 Å². The van der Waals surface area contributed by atoms with Gasteiger partial charge in [-0.3, -0.25) is 0 Å². The summed E-state index contributed by atoms with van der Waals surface area (Å²) in [5.74, 6) is -0.144.